The van der Waals surface area contributed by atoms with Gasteiger partial charge in [0, 0.05) is 24.4 Å². The number of nitrogens with zero attached hydrogens (tertiary/aromatic N) is 1. The topological polar surface area (TPSA) is 53.7 Å². The second-order valence-electron chi connectivity index (χ2n) is 4.23. The van der Waals surface area contributed by atoms with E-state index in [1.54, 1.807) is 17.8 Å². The van der Waals surface area contributed by atoms with Crippen molar-refractivity contribution in [1.82, 2.24) is 0 Å². The van der Waals surface area contributed by atoms with E-state index < -0.39 is 5.97 Å². The standard InChI is InChI=1S/C10H11NO3S/c1-11-5-10(2-3-10)15-7-4-6(9(12)13)14-8(7)11/h4H,2-3,5H2,1H3,(H,12,13). The summed E-state index contributed by atoms with van der Waals surface area (Å²) >= 11 is 1.77. The van der Waals surface area contributed by atoms with Crippen LogP contribution in [0.25, 0.3) is 0 Å². The van der Waals surface area contributed by atoms with E-state index >= 15 is 0 Å². The number of furan rings is 1. The first kappa shape index (κ1) is 9.15. The number of anilines is 1. The molecule has 0 atom stereocenters. The summed E-state index contributed by atoms with van der Waals surface area (Å²) in [6, 6.07) is 1.64. The van der Waals surface area contributed by atoms with Crippen LogP contribution in [0.1, 0.15) is 23.4 Å². The van der Waals surface area contributed by atoms with E-state index in [0.717, 1.165) is 11.4 Å². The number of aromatic carboxylic acids is 1. The predicted octanol–water partition coefficient (Wildman–Crippen LogP) is 2.05. The van der Waals surface area contributed by atoms with Gasteiger partial charge in [0.2, 0.25) is 11.6 Å². The first-order valence-corrected chi connectivity index (χ1v) is 5.69. The Labute approximate surface area is 91.2 Å². The Morgan fingerprint density at radius 1 is 1.67 bits per heavy atom. The Morgan fingerprint density at radius 3 is 3.00 bits per heavy atom. The molecule has 3 rings (SSSR count). The van der Waals surface area contributed by atoms with Crippen molar-refractivity contribution in [1.29, 1.82) is 0 Å². The molecular weight excluding hydrogens is 214 g/mol. The summed E-state index contributed by atoms with van der Waals surface area (Å²) < 4.78 is 5.64. The summed E-state index contributed by atoms with van der Waals surface area (Å²) in [5, 5.41) is 8.84. The van der Waals surface area contributed by atoms with Crippen LogP contribution >= 0.6 is 11.8 Å². The molecule has 2 heterocycles. The average molecular weight is 225 g/mol. The minimum absolute atomic E-state index is 0.0389. The van der Waals surface area contributed by atoms with Crippen molar-refractivity contribution in [2.24, 2.45) is 0 Å². The molecule has 1 fully saturated rings. The van der Waals surface area contributed by atoms with E-state index in [9.17, 15) is 4.79 Å². The van der Waals surface area contributed by atoms with Crippen molar-refractivity contribution >= 4 is 23.6 Å². The lowest BCUT2D eigenvalue weighted by Crippen LogP contribution is -2.31. The summed E-state index contributed by atoms with van der Waals surface area (Å²) in [4.78, 5) is 13.8. The quantitative estimate of drug-likeness (QED) is 0.792. The van der Waals surface area contributed by atoms with Crippen molar-refractivity contribution in [2.45, 2.75) is 22.5 Å². The fourth-order valence-electron chi connectivity index (χ4n) is 1.98. The van der Waals surface area contributed by atoms with E-state index in [-0.39, 0.29) is 5.76 Å². The number of carboxylic acid groups (broad SMARTS) is 1. The maximum Gasteiger partial charge on any atom is 0.371 e. The Bertz CT molecular complexity index is 436. The molecular formula is C10H11NO3S. The van der Waals surface area contributed by atoms with Crippen LogP contribution in [-0.2, 0) is 0 Å². The van der Waals surface area contributed by atoms with Crippen LogP contribution in [0.4, 0.5) is 5.88 Å². The van der Waals surface area contributed by atoms with Crippen LogP contribution in [0.15, 0.2) is 15.4 Å². The van der Waals surface area contributed by atoms with Crippen molar-refractivity contribution in [2.75, 3.05) is 18.5 Å². The van der Waals surface area contributed by atoms with E-state index in [1.165, 1.54) is 12.8 Å². The summed E-state index contributed by atoms with van der Waals surface area (Å²) in [5.74, 6) is -0.254. The maximum absolute atomic E-state index is 10.8. The summed E-state index contributed by atoms with van der Waals surface area (Å²) in [6.45, 7) is 0.956. The Balaban J connectivity index is 2.02. The highest BCUT2D eigenvalue weighted by atomic mass is 32.2. The van der Waals surface area contributed by atoms with E-state index in [0.29, 0.717) is 10.6 Å². The highest BCUT2D eigenvalue weighted by molar-refractivity contribution is 8.01. The molecule has 1 N–H and O–H groups in total. The van der Waals surface area contributed by atoms with Crippen molar-refractivity contribution in [3.05, 3.63) is 11.8 Å². The van der Waals surface area contributed by atoms with Gasteiger partial charge in [0.1, 0.15) is 0 Å². The lowest BCUT2D eigenvalue weighted by Gasteiger charge is -2.28. The molecule has 0 radical (unpaired) electrons. The minimum Gasteiger partial charge on any atom is -0.475 e. The Morgan fingerprint density at radius 2 is 2.40 bits per heavy atom. The van der Waals surface area contributed by atoms with Gasteiger partial charge in [-0.05, 0) is 12.8 Å². The van der Waals surface area contributed by atoms with Crippen molar-refractivity contribution in [3.8, 4) is 0 Å². The largest absolute Gasteiger partial charge is 0.475 e. The molecule has 80 valence electrons. The van der Waals surface area contributed by atoms with Gasteiger partial charge >= 0.3 is 5.97 Å². The fraction of sp³-hybridized carbons (Fsp3) is 0.500. The van der Waals surface area contributed by atoms with Gasteiger partial charge < -0.3 is 14.4 Å². The zero-order chi connectivity index (χ0) is 10.6. The molecule has 4 nitrogen and oxygen atoms in total. The third-order valence-corrected chi connectivity index (χ3v) is 4.38. The van der Waals surface area contributed by atoms with Gasteiger partial charge in [0.25, 0.3) is 0 Å². The molecule has 1 aliphatic carbocycles. The van der Waals surface area contributed by atoms with Gasteiger partial charge in [-0.1, -0.05) is 0 Å². The third kappa shape index (κ3) is 1.33. The van der Waals surface area contributed by atoms with Gasteiger partial charge in [0.15, 0.2) is 0 Å². The highest BCUT2D eigenvalue weighted by Gasteiger charge is 2.49. The smallest absolute Gasteiger partial charge is 0.371 e. The summed E-state index contributed by atoms with van der Waals surface area (Å²) in [7, 11) is 1.95. The van der Waals surface area contributed by atoms with Crippen LogP contribution < -0.4 is 4.90 Å². The number of carboxylic acids is 1. The SMILES string of the molecule is CN1CC2(CC2)Sc2cc(C(=O)O)oc21. The van der Waals surface area contributed by atoms with Crippen LogP contribution in [-0.4, -0.2) is 29.4 Å². The van der Waals surface area contributed by atoms with Gasteiger partial charge in [0.05, 0.1) is 4.90 Å². The predicted molar refractivity (Wildman–Crippen MR) is 56.8 cm³/mol. The minimum atomic E-state index is -0.997. The monoisotopic (exact) mass is 225 g/mol. The zero-order valence-electron chi connectivity index (χ0n) is 8.32. The van der Waals surface area contributed by atoms with Crippen LogP contribution in [0, 0.1) is 0 Å². The summed E-state index contributed by atoms with van der Waals surface area (Å²) in [5.41, 5.74) is 0. The first-order valence-electron chi connectivity index (χ1n) is 4.87. The Kier molecular flexibility index (Phi) is 1.66. The van der Waals surface area contributed by atoms with Crippen LogP contribution in [0.5, 0.6) is 0 Å². The second kappa shape index (κ2) is 2.72. The first-order chi connectivity index (χ1) is 7.10. The molecule has 0 aromatic carbocycles. The molecule has 1 aromatic rings. The van der Waals surface area contributed by atoms with Gasteiger partial charge in [-0.25, -0.2) is 4.79 Å². The van der Waals surface area contributed by atoms with Gasteiger partial charge in [-0.15, -0.1) is 11.8 Å². The fourth-order valence-corrected chi connectivity index (χ4v) is 3.46. The maximum atomic E-state index is 10.8. The van der Waals surface area contributed by atoms with Gasteiger partial charge in [-0.2, -0.15) is 0 Å². The lowest BCUT2D eigenvalue weighted by atomic mass is 10.3. The molecule has 1 aliphatic heterocycles. The summed E-state index contributed by atoms with van der Waals surface area (Å²) in [6.07, 6.45) is 2.43. The second-order valence-corrected chi connectivity index (χ2v) is 5.74. The molecule has 0 bridgehead atoms. The normalized spacial score (nSPS) is 21.5. The van der Waals surface area contributed by atoms with E-state index in [4.69, 9.17) is 9.52 Å². The number of fused-ring (bicyclic) bond motifs is 1. The zero-order valence-corrected chi connectivity index (χ0v) is 9.13. The van der Waals surface area contributed by atoms with Crippen molar-refractivity contribution < 1.29 is 14.3 Å². The molecule has 0 amide bonds. The van der Waals surface area contributed by atoms with Crippen LogP contribution in [0.3, 0.4) is 0 Å². The molecule has 1 aromatic heterocycles. The van der Waals surface area contributed by atoms with Crippen LogP contribution in [0.2, 0.25) is 0 Å². The molecule has 5 heteroatoms. The van der Waals surface area contributed by atoms with E-state index in [2.05, 4.69) is 0 Å². The average Bonchev–Trinajstić information content (AvgIpc) is 2.76. The van der Waals surface area contributed by atoms with Crippen molar-refractivity contribution in [3.63, 3.8) is 0 Å². The number of hydrogen-bond acceptors (Lipinski definition) is 4. The molecule has 0 saturated heterocycles. The number of carbonyl (C=O) groups is 1. The van der Waals surface area contributed by atoms with E-state index in [1.807, 2.05) is 11.9 Å². The molecule has 1 spiro atoms. The lowest BCUT2D eigenvalue weighted by molar-refractivity contribution is 0.0663. The molecule has 15 heavy (non-hydrogen) atoms. The number of hydrogen-bond donors (Lipinski definition) is 1. The number of rotatable bonds is 1. The van der Waals surface area contributed by atoms with Gasteiger partial charge in [-0.3, -0.25) is 0 Å². The molecule has 0 unspecified atom stereocenters. The molecule has 2 aliphatic rings. The Hall–Kier alpha value is -1.10. The molecule has 1 saturated carbocycles. The highest BCUT2D eigenvalue weighted by Crippen LogP contribution is 2.57. The number of thioether (sulfide) groups is 1. The third-order valence-electron chi connectivity index (χ3n) is 2.90.